The van der Waals surface area contributed by atoms with E-state index in [0.29, 0.717) is 9.75 Å². The summed E-state index contributed by atoms with van der Waals surface area (Å²) >= 11 is 2.48. The Balaban J connectivity index is 0.00000231. The molecule has 2 aromatic heterocycles. The van der Waals surface area contributed by atoms with Gasteiger partial charge in [0.05, 0.1) is 29.3 Å². The lowest BCUT2D eigenvalue weighted by Crippen LogP contribution is -3.00. The molecule has 2 bridgehead atoms. The number of ether oxygens (including phenoxy) is 2. The highest BCUT2D eigenvalue weighted by Crippen LogP contribution is 2.52. The third kappa shape index (κ3) is 2.84. The van der Waals surface area contributed by atoms with Crippen molar-refractivity contribution in [2.45, 2.75) is 48.8 Å². The van der Waals surface area contributed by atoms with Crippen molar-refractivity contribution >= 4 is 28.6 Å². The Morgan fingerprint density at radius 2 is 1.85 bits per heavy atom. The summed E-state index contributed by atoms with van der Waals surface area (Å²) in [7, 11) is 1.69. The molecule has 0 radical (unpaired) electrons. The van der Waals surface area contributed by atoms with E-state index in [4.69, 9.17) is 15.0 Å². The first-order valence-electron chi connectivity index (χ1n) is 10.6. The van der Waals surface area contributed by atoms with Gasteiger partial charge in [0.2, 0.25) is 5.60 Å². The average molecular weight is 476 g/mol. The van der Waals surface area contributed by atoms with Crippen LogP contribution in [0.15, 0.2) is 35.0 Å². The number of esters is 1. The molecule has 5 rings (SSSR count). The average Bonchev–Trinajstić information content (AvgIpc) is 3.04. The molecule has 5 heterocycles. The summed E-state index contributed by atoms with van der Waals surface area (Å²) in [6.45, 7) is -2.24. The molecule has 0 saturated carbocycles. The Hall–Kier alpha value is -0.770. The highest BCUT2D eigenvalue weighted by molar-refractivity contribution is 7.12. The number of thiophene rings is 2. The topological polar surface area (TPSA) is 59.1 Å². The highest BCUT2D eigenvalue weighted by Gasteiger charge is 2.71. The van der Waals surface area contributed by atoms with Gasteiger partial charge in [-0.3, -0.25) is 0 Å². The summed E-state index contributed by atoms with van der Waals surface area (Å²) < 4.78 is 44.2. The van der Waals surface area contributed by atoms with Crippen molar-refractivity contribution in [2.24, 2.45) is 0 Å². The van der Waals surface area contributed by atoms with E-state index in [0.717, 1.165) is 0 Å². The van der Waals surface area contributed by atoms with Crippen LogP contribution in [0.5, 0.6) is 0 Å². The van der Waals surface area contributed by atoms with Gasteiger partial charge in [0.25, 0.3) is 0 Å². The van der Waals surface area contributed by atoms with Crippen LogP contribution < -0.4 is 17.0 Å². The maximum Gasteiger partial charge on any atom is 0.349 e. The van der Waals surface area contributed by atoms with E-state index in [1.165, 1.54) is 22.7 Å². The quantitative estimate of drug-likeness (QED) is 0.362. The van der Waals surface area contributed by atoms with Gasteiger partial charge in [0.1, 0.15) is 30.4 Å². The Kier molecular flexibility index (Phi) is 3.72. The monoisotopic (exact) mass is 475 g/mol. The zero-order chi connectivity index (χ0) is 21.5. The molecule has 0 aromatic carbocycles. The van der Waals surface area contributed by atoms with Gasteiger partial charge in [-0.2, -0.15) is 0 Å². The number of aliphatic hydroxyl groups is 1. The lowest BCUT2D eigenvalue weighted by Gasteiger charge is -2.45. The Labute approximate surface area is 182 Å². The molecule has 0 amide bonds. The van der Waals surface area contributed by atoms with Crippen LogP contribution in [-0.4, -0.2) is 60.0 Å². The van der Waals surface area contributed by atoms with Crippen molar-refractivity contribution in [3.05, 3.63) is 44.8 Å². The van der Waals surface area contributed by atoms with Crippen LogP contribution in [0.4, 0.5) is 0 Å². The van der Waals surface area contributed by atoms with Crippen LogP contribution in [-0.2, 0) is 19.9 Å². The number of likely N-dealkylation sites (N-methyl/N-ethyl adjacent to an activating group) is 1. The second-order valence-corrected chi connectivity index (χ2v) is 9.24. The number of piperidine rings is 1. The molecular weight excluding hydrogens is 450 g/mol. The molecule has 3 aliphatic heterocycles. The molecule has 146 valence electrons. The van der Waals surface area contributed by atoms with Gasteiger partial charge < -0.3 is 36.0 Å². The first-order valence-corrected chi connectivity index (χ1v) is 10.3. The van der Waals surface area contributed by atoms with Crippen molar-refractivity contribution in [3.8, 4) is 0 Å². The smallest absolute Gasteiger partial charge is 0.349 e. The number of hydrogen-bond acceptors (Lipinski definition) is 6. The van der Waals surface area contributed by atoms with Gasteiger partial charge in [-0.15, -0.1) is 22.7 Å². The first kappa shape index (κ1) is 15.1. The summed E-state index contributed by atoms with van der Waals surface area (Å²) in [6, 6.07) is 5.91. The zero-order valence-electron chi connectivity index (χ0n) is 18.5. The van der Waals surface area contributed by atoms with Crippen LogP contribution in [0.3, 0.4) is 0 Å². The molecule has 3 fully saturated rings. The van der Waals surface area contributed by atoms with Crippen molar-refractivity contribution in [1.29, 1.82) is 0 Å². The minimum absolute atomic E-state index is 0. The fourth-order valence-corrected chi connectivity index (χ4v) is 6.07. The number of quaternary nitrogens is 1. The van der Waals surface area contributed by atoms with Gasteiger partial charge in [-0.05, 0) is 22.9 Å². The number of fused-ring (bicyclic) bond motifs is 5. The van der Waals surface area contributed by atoms with Crippen LogP contribution in [0.2, 0.25) is 0 Å². The molecule has 1 N–H and O–H groups in total. The number of halogens is 1. The number of nitrogens with zero attached hydrogens (tertiary/aromatic N) is 1. The van der Waals surface area contributed by atoms with Crippen molar-refractivity contribution in [3.63, 3.8) is 0 Å². The lowest BCUT2D eigenvalue weighted by molar-refractivity contribution is -0.938. The predicted octanol–water partition coefficient (Wildman–Crippen LogP) is -0.650. The van der Waals surface area contributed by atoms with E-state index >= 15 is 0 Å². The molecule has 3 aliphatic rings. The fourth-order valence-electron chi connectivity index (χ4n) is 4.35. The molecule has 2 aromatic rings. The Bertz CT molecular complexity index is 916. The SMILES string of the molecule is [2H]C1(OC(=O)C(O)(c2cccs2)c2cccs2)CC2C3OC3C(C1)[N+]2(C)C([2H])([2H])[2H].[Br-]. The van der Waals surface area contributed by atoms with Crippen molar-refractivity contribution in [2.75, 3.05) is 14.0 Å². The Morgan fingerprint density at radius 3 is 2.30 bits per heavy atom. The first-order chi connectivity index (χ1) is 14.0. The summed E-state index contributed by atoms with van der Waals surface area (Å²) in [6.07, 6.45) is -1.96. The van der Waals surface area contributed by atoms with Crippen LogP contribution >= 0.6 is 22.7 Å². The second-order valence-electron chi connectivity index (χ2n) is 7.35. The normalized spacial score (nSPS) is 42.0. The lowest BCUT2D eigenvalue weighted by atomic mass is 9.95. The van der Waals surface area contributed by atoms with Crippen LogP contribution in [0, 0.1) is 0 Å². The standard InChI is InChI=1S/C19H22NO4S2.BrH/c1-20(2)12-9-11(10-13(20)17-16(12)24-17)23-18(21)19(22,14-5-3-7-25-14)15-6-4-8-26-15;/h3-8,11-13,16-17,22H,9-10H2,1-2H3;1H/q+1;/p-1/i1D3,11D;. The zero-order valence-corrected chi connectivity index (χ0v) is 17.7. The predicted molar refractivity (Wildman–Crippen MR) is 99.1 cm³/mol. The largest absolute Gasteiger partial charge is 1.00 e. The van der Waals surface area contributed by atoms with E-state index in [1.807, 2.05) is 0 Å². The minimum Gasteiger partial charge on any atom is -1.00 e. The molecule has 4 unspecified atom stereocenters. The third-order valence-electron chi connectivity index (χ3n) is 5.86. The summed E-state index contributed by atoms with van der Waals surface area (Å²) in [4.78, 5) is 14.1. The molecule has 27 heavy (non-hydrogen) atoms. The van der Waals surface area contributed by atoms with Gasteiger partial charge in [-0.25, -0.2) is 4.79 Å². The minimum atomic E-state index is -2.24. The number of carbonyl (C=O) groups excluding carboxylic acids is 1. The maximum absolute atomic E-state index is 13.3. The molecule has 0 aliphatic carbocycles. The number of rotatable bonds is 4. The summed E-state index contributed by atoms with van der Waals surface area (Å²) in [5.74, 6) is -0.902. The summed E-state index contributed by atoms with van der Waals surface area (Å²) in [5.41, 5.74) is -1.99. The molecule has 5 nitrogen and oxygen atoms in total. The van der Waals surface area contributed by atoms with E-state index in [-0.39, 0.29) is 46.5 Å². The molecule has 0 spiro atoms. The third-order valence-corrected chi connectivity index (χ3v) is 7.82. The number of morpholine rings is 1. The van der Waals surface area contributed by atoms with Crippen LogP contribution in [0.25, 0.3) is 0 Å². The van der Waals surface area contributed by atoms with E-state index in [9.17, 15) is 9.90 Å². The van der Waals surface area contributed by atoms with Crippen LogP contribution in [0.1, 0.15) is 28.1 Å². The number of epoxide rings is 1. The van der Waals surface area contributed by atoms with Crippen molar-refractivity contribution in [1.82, 2.24) is 0 Å². The maximum atomic E-state index is 13.3. The van der Waals surface area contributed by atoms with E-state index in [2.05, 4.69) is 0 Å². The molecule has 4 atom stereocenters. The van der Waals surface area contributed by atoms with E-state index in [1.54, 1.807) is 42.1 Å². The number of carbonyl (C=O) groups is 1. The van der Waals surface area contributed by atoms with Crippen molar-refractivity contribution < 1.29 is 46.3 Å². The number of hydrogen-bond donors (Lipinski definition) is 1. The van der Waals surface area contributed by atoms with Gasteiger partial charge in [-0.1, -0.05) is 12.1 Å². The Morgan fingerprint density at radius 1 is 1.30 bits per heavy atom. The molecular formula is C19H22BrNO4S2. The summed E-state index contributed by atoms with van der Waals surface area (Å²) in [5, 5.41) is 15.0. The highest BCUT2D eigenvalue weighted by atomic mass is 79.9. The molecule has 3 saturated heterocycles. The van der Waals surface area contributed by atoms with Gasteiger partial charge >= 0.3 is 5.97 Å². The fraction of sp³-hybridized carbons (Fsp3) is 0.526. The van der Waals surface area contributed by atoms with Gasteiger partial charge in [0.15, 0.2) is 0 Å². The van der Waals surface area contributed by atoms with Gasteiger partial charge in [0, 0.05) is 12.8 Å². The van der Waals surface area contributed by atoms with E-state index < -0.39 is 36.7 Å². The second kappa shape index (κ2) is 6.64. The molecule has 8 heteroatoms.